The molecule has 0 bridgehead atoms. The quantitative estimate of drug-likeness (QED) is 0.636. The zero-order valence-corrected chi connectivity index (χ0v) is 19.5. The minimum Gasteiger partial charge on any atom is -0.452 e. The number of aryl methyl sites for hydroxylation is 1. The smallest absolute Gasteiger partial charge is 0.414 e. The fraction of sp³-hybridized carbons (Fsp3) is 0.481. The number of rotatable bonds is 3. The predicted molar refractivity (Wildman–Crippen MR) is 130 cm³/mol. The van der Waals surface area contributed by atoms with Gasteiger partial charge in [-0.3, -0.25) is 4.90 Å². The Balaban J connectivity index is 1.51. The monoisotopic (exact) mass is 444 g/mol. The summed E-state index contributed by atoms with van der Waals surface area (Å²) in [5.74, 6) is 2.58. The number of nitrogens with zero attached hydrogens (tertiary/aromatic N) is 3. The Bertz CT molecular complexity index is 1190. The number of aromatic nitrogens is 2. The Hall–Kier alpha value is -2.86. The van der Waals surface area contributed by atoms with Crippen LogP contribution in [0, 0.1) is 11.8 Å². The van der Waals surface area contributed by atoms with Crippen molar-refractivity contribution < 1.29 is 9.53 Å². The summed E-state index contributed by atoms with van der Waals surface area (Å²) < 4.78 is 7.68. The SMILES string of the molecule is COC(=O)N1c2ccc3c(nc(Cc4ccccc4)n3[C@H]3CC[C@H]4CNC[C@H]43)c2CC[C@@H]1C. The Labute approximate surface area is 194 Å². The van der Waals surface area contributed by atoms with Crippen LogP contribution < -0.4 is 10.2 Å². The number of hydrogen-bond donors (Lipinski definition) is 1. The molecule has 1 amide bonds. The average molecular weight is 445 g/mol. The second kappa shape index (κ2) is 8.17. The molecule has 0 unspecified atom stereocenters. The topological polar surface area (TPSA) is 59.4 Å². The maximum atomic E-state index is 12.6. The molecule has 1 aromatic heterocycles. The van der Waals surface area contributed by atoms with Crippen LogP contribution in [0.2, 0.25) is 0 Å². The number of amides is 1. The summed E-state index contributed by atoms with van der Waals surface area (Å²) in [6.45, 7) is 4.33. The number of fused-ring (bicyclic) bond motifs is 4. The van der Waals surface area contributed by atoms with Crippen molar-refractivity contribution >= 4 is 22.8 Å². The molecule has 2 aliphatic heterocycles. The summed E-state index contributed by atoms with van der Waals surface area (Å²) in [5, 5.41) is 3.62. The molecule has 6 heteroatoms. The fourth-order valence-electron chi connectivity index (χ4n) is 6.54. The lowest BCUT2D eigenvalue weighted by atomic mass is 9.95. The van der Waals surface area contributed by atoms with Gasteiger partial charge in [-0.25, -0.2) is 9.78 Å². The second-order valence-corrected chi connectivity index (χ2v) is 9.95. The van der Waals surface area contributed by atoms with Crippen molar-refractivity contribution in [1.29, 1.82) is 0 Å². The first-order valence-corrected chi connectivity index (χ1v) is 12.3. The van der Waals surface area contributed by atoms with Crippen LogP contribution in [0.15, 0.2) is 42.5 Å². The first-order valence-electron chi connectivity index (χ1n) is 12.3. The predicted octanol–water partition coefficient (Wildman–Crippen LogP) is 4.71. The highest BCUT2D eigenvalue weighted by Gasteiger charge is 2.42. The van der Waals surface area contributed by atoms with Crippen LogP contribution in [0.4, 0.5) is 10.5 Å². The third-order valence-corrected chi connectivity index (χ3v) is 8.16. The minimum atomic E-state index is -0.289. The molecule has 6 nitrogen and oxygen atoms in total. The van der Waals surface area contributed by atoms with E-state index in [0.29, 0.717) is 12.0 Å². The van der Waals surface area contributed by atoms with Gasteiger partial charge in [-0.2, -0.15) is 0 Å². The average Bonchev–Trinajstić information content (AvgIpc) is 3.53. The minimum absolute atomic E-state index is 0.119. The zero-order chi connectivity index (χ0) is 22.5. The maximum absolute atomic E-state index is 12.6. The lowest BCUT2D eigenvalue weighted by Crippen LogP contribution is -2.42. The van der Waals surface area contributed by atoms with Gasteiger partial charge < -0.3 is 14.6 Å². The van der Waals surface area contributed by atoms with Crippen molar-refractivity contribution in [2.24, 2.45) is 11.8 Å². The number of carbonyl (C=O) groups is 1. The van der Waals surface area contributed by atoms with Crippen molar-refractivity contribution in [2.75, 3.05) is 25.1 Å². The van der Waals surface area contributed by atoms with Gasteiger partial charge in [0.2, 0.25) is 0 Å². The highest BCUT2D eigenvalue weighted by Crippen LogP contribution is 2.45. The number of imidazole rings is 1. The molecule has 0 radical (unpaired) electrons. The molecular formula is C27H32N4O2. The summed E-state index contributed by atoms with van der Waals surface area (Å²) in [5.41, 5.74) is 5.70. The van der Waals surface area contributed by atoms with Crippen LogP contribution in [0.25, 0.3) is 11.0 Å². The van der Waals surface area contributed by atoms with Crippen LogP contribution in [-0.4, -0.2) is 41.9 Å². The number of ether oxygens (including phenoxy) is 1. The zero-order valence-electron chi connectivity index (χ0n) is 19.5. The van der Waals surface area contributed by atoms with E-state index in [1.54, 1.807) is 4.90 Å². The first-order chi connectivity index (χ1) is 16.2. The van der Waals surface area contributed by atoms with E-state index in [1.807, 2.05) is 0 Å². The van der Waals surface area contributed by atoms with Crippen molar-refractivity contribution in [3.63, 3.8) is 0 Å². The molecule has 1 saturated heterocycles. The number of carbonyl (C=O) groups excluding carboxylic acids is 1. The molecule has 33 heavy (non-hydrogen) atoms. The van der Waals surface area contributed by atoms with Crippen molar-refractivity contribution in [3.8, 4) is 0 Å². The van der Waals surface area contributed by atoms with E-state index in [0.717, 1.165) is 55.3 Å². The van der Waals surface area contributed by atoms with Gasteiger partial charge in [0.15, 0.2) is 0 Å². The summed E-state index contributed by atoms with van der Waals surface area (Å²) in [4.78, 5) is 19.7. The van der Waals surface area contributed by atoms with Gasteiger partial charge >= 0.3 is 6.09 Å². The van der Waals surface area contributed by atoms with Crippen molar-refractivity contribution in [2.45, 2.75) is 51.1 Å². The number of anilines is 1. The number of nitrogens with one attached hydrogen (secondary N) is 1. The van der Waals surface area contributed by atoms with E-state index in [2.05, 4.69) is 59.3 Å². The van der Waals surface area contributed by atoms with Crippen LogP contribution >= 0.6 is 0 Å². The van der Waals surface area contributed by atoms with Crippen LogP contribution in [0.3, 0.4) is 0 Å². The van der Waals surface area contributed by atoms with Gasteiger partial charge in [0.1, 0.15) is 5.82 Å². The summed E-state index contributed by atoms with van der Waals surface area (Å²) in [6, 6.07) is 15.6. The molecule has 1 saturated carbocycles. The van der Waals surface area contributed by atoms with Gasteiger partial charge in [0.25, 0.3) is 0 Å². The molecule has 3 aliphatic rings. The first kappa shape index (κ1) is 20.7. The molecule has 2 fully saturated rings. The highest BCUT2D eigenvalue weighted by atomic mass is 16.5. The number of benzene rings is 2. The van der Waals surface area contributed by atoms with Crippen molar-refractivity contribution in [1.82, 2.24) is 14.9 Å². The number of methoxy groups -OCH3 is 1. The van der Waals surface area contributed by atoms with E-state index in [4.69, 9.17) is 9.72 Å². The van der Waals surface area contributed by atoms with Crippen LogP contribution in [0.5, 0.6) is 0 Å². The van der Waals surface area contributed by atoms with E-state index in [9.17, 15) is 4.79 Å². The molecule has 1 aliphatic carbocycles. The molecule has 0 spiro atoms. The third kappa shape index (κ3) is 3.34. The fourth-order valence-corrected chi connectivity index (χ4v) is 6.54. The van der Waals surface area contributed by atoms with E-state index in [-0.39, 0.29) is 12.1 Å². The van der Waals surface area contributed by atoms with Gasteiger partial charge in [-0.05, 0) is 68.7 Å². The van der Waals surface area contributed by atoms with E-state index >= 15 is 0 Å². The van der Waals surface area contributed by atoms with Gasteiger partial charge in [-0.1, -0.05) is 30.3 Å². The maximum Gasteiger partial charge on any atom is 0.414 e. The summed E-state index contributed by atoms with van der Waals surface area (Å²) in [7, 11) is 1.46. The third-order valence-electron chi connectivity index (χ3n) is 8.16. The van der Waals surface area contributed by atoms with Crippen LogP contribution in [0.1, 0.15) is 49.2 Å². The number of hydrogen-bond acceptors (Lipinski definition) is 4. The summed E-state index contributed by atoms with van der Waals surface area (Å²) >= 11 is 0. The Morgan fingerprint density at radius 3 is 2.79 bits per heavy atom. The Kier molecular flexibility index (Phi) is 5.13. The molecular weight excluding hydrogens is 412 g/mol. The van der Waals surface area contributed by atoms with Crippen molar-refractivity contribution in [3.05, 3.63) is 59.4 Å². The highest BCUT2D eigenvalue weighted by molar-refractivity contribution is 5.95. The lowest BCUT2D eigenvalue weighted by molar-refractivity contribution is 0.175. The second-order valence-electron chi connectivity index (χ2n) is 9.95. The van der Waals surface area contributed by atoms with Crippen LogP contribution in [-0.2, 0) is 17.6 Å². The molecule has 3 aromatic rings. The lowest BCUT2D eigenvalue weighted by Gasteiger charge is -2.34. The van der Waals surface area contributed by atoms with Gasteiger partial charge in [0, 0.05) is 30.6 Å². The van der Waals surface area contributed by atoms with E-state index in [1.165, 1.54) is 36.6 Å². The Morgan fingerprint density at radius 2 is 1.97 bits per heavy atom. The van der Waals surface area contributed by atoms with Gasteiger partial charge in [0.05, 0.1) is 23.8 Å². The van der Waals surface area contributed by atoms with Gasteiger partial charge in [-0.15, -0.1) is 0 Å². The molecule has 1 N–H and O–H groups in total. The molecule has 4 atom stereocenters. The molecule has 6 rings (SSSR count). The van der Waals surface area contributed by atoms with E-state index < -0.39 is 0 Å². The molecule has 3 heterocycles. The largest absolute Gasteiger partial charge is 0.452 e. The molecule has 2 aromatic carbocycles. The molecule has 172 valence electrons. The Morgan fingerprint density at radius 1 is 1.12 bits per heavy atom. The summed E-state index contributed by atoms with van der Waals surface area (Å²) in [6.07, 6.45) is 4.88. The standard InChI is InChI=1S/C27H32N4O2/c1-17-8-10-20-22(30(17)27(32)33-2)12-13-24-26(20)29-25(14-18-6-4-3-5-7-18)31(24)23-11-9-19-15-28-16-21(19)23/h3-7,12-13,17,19,21,23,28H,8-11,14-16H2,1-2H3/t17-,19-,21+,23-/m0/s1. The normalized spacial score (nSPS) is 26.4.